The van der Waals surface area contributed by atoms with E-state index >= 15 is 0 Å². The van der Waals surface area contributed by atoms with Crippen LogP contribution in [0.5, 0.6) is 0 Å². The molecule has 4 heteroatoms. The molecule has 0 radical (unpaired) electrons. The van der Waals surface area contributed by atoms with Gasteiger partial charge in [-0.3, -0.25) is 0 Å². The molecule has 0 amide bonds. The number of unbranched alkanes of at least 4 members (excludes halogenated alkanes) is 5. The first-order valence-corrected chi connectivity index (χ1v) is 8.87. The van der Waals surface area contributed by atoms with E-state index in [0.29, 0.717) is 0 Å². The van der Waals surface area contributed by atoms with Gasteiger partial charge in [0.1, 0.15) is 5.76 Å². The fraction of sp³-hybridized carbons (Fsp3) is 0.550. The summed E-state index contributed by atoms with van der Waals surface area (Å²) >= 11 is 0. The van der Waals surface area contributed by atoms with E-state index in [-0.39, 0.29) is 11.9 Å². The average molecular weight is 336 g/mol. The molecule has 0 saturated carbocycles. The van der Waals surface area contributed by atoms with Gasteiger partial charge in [0.15, 0.2) is 0 Å². The lowest BCUT2D eigenvalue weighted by Crippen LogP contribution is -2.05. The Balaban J connectivity index is 3.65. The minimum absolute atomic E-state index is 0.00853. The molecule has 0 aliphatic rings. The number of rotatable bonds is 14. The second-order valence-electron chi connectivity index (χ2n) is 5.86. The van der Waals surface area contributed by atoms with Crippen LogP contribution < -0.4 is 0 Å². The zero-order valence-corrected chi connectivity index (χ0v) is 14.7. The number of aliphatic hydroxyl groups excluding tert-OH is 2. The summed E-state index contributed by atoms with van der Waals surface area (Å²) in [5.41, 5.74) is 0. The van der Waals surface area contributed by atoms with E-state index in [1.165, 1.54) is 31.1 Å². The van der Waals surface area contributed by atoms with Gasteiger partial charge >= 0.3 is 5.97 Å². The Bertz CT molecular complexity index is 433. The first-order valence-electron chi connectivity index (χ1n) is 8.87. The van der Waals surface area contributed by atoms with Gasteiger partial charge in [-0.15, -0.1) is 0 Å². The lowest BCUT2D eigenvalue weighted by atomic mass is 10.0. The number of allylic oxidation sites excluding steroid dienone is 6. The standard InChI is InChI=1S/C20H32O4/c1-2-3-9-13-18(21)14-10-7-5-4-6-8-11-15-19(22)16-12-17-20(23)24/h6,8,11-12,15-18,21-22H,2-5,7,9-10,13-14H2,1H3,(H,23,24)/t18-/m0/s1. The molecule has 0 spiro atoms. The van der Waals surface area contributed by atoms with Crippen molar-refractivity contribution in [1.82, 2.24) is 0 Å². The van der Waals surface area contributed by atoms with Crippen molar-refractivity contribution in [2.75, 3.05) is 0 Å². The number of hydrogen-bond acceptors (Lipinski definition) is 3. The van der Waals surface area contributed by atoms with Crippen LogP contribution in [0.15, 0.2) is 48.3 Å². The van der Waals surface area contributed by atoms with Gasteiger partial charge in [-0.25, -0.2) is 4.79 Å². The van der Waals surface area contributed by atoms with Gasteiger partial charge in [0.05, 0.1) is 6.10 Å². The van der Waals surface area contributed by atoms with Crippen LogP contribution in [0.2, 0.25) is 0 Å². The second kappa shape index (κ2) is 16.1. The zero-order valence-electron chi connectivity index (χ0n) is 14.7. The first-order chi connectivity index (χ1) is 11.6. The molecule has 0 saturated heterocycles. The fourth-order valence-electron chi connectivity index (χ4n) is 2.21. The Kier molecular flexibility index (Phi) is 14.9. The Hall–Kier alpha value is -1.81. The monoisotopic (exact) mass is 336 g/mol. The van der Waals surface area contributed by atoms with Crippen molar-refractivity contribution in [2.24, 2.45) is 0 Å². The van der Waals surface area contributed by atoms with Gasteiger partial charge < -0.3 is 15.3 Å². The Morgan fingerprint density at radius 3 is 2.29 bits per heavy atom. The predicted octanol–water partition coefficient (Wildman–Crippen LogP) is 5.07. The maximum atomic E-state index is 10.2. The van der Waals surface area contributed by atoms with E-state index in [4.69, 9.17) is 5.11 Å². The second-order valence-corrected chi connectivity index (χ2v) is 5.86. The van der Waals surface area contributed by atoms with Gasteiger partial charge in [0.25, 0.3) is 0 Å². The van der Waals surface area contributed by atoms with E-state index in [0.717, 1.165) is 51.0 Å². The molecule has 0 unspecified atom stereocenters. The SMILES string of the molecule is CCCCC[C@H](O)CCCCCC=CC=CC(O)=CC=CC(=O)O. The molecule has 0 aliphatic heterocycles. The lowest BCUT2D eigenvalue weighted by molar-refractivity contribution is -0.131. The third kappa shape index (κ3) is 16.6. The van der Waals surface area contributed by atoms with Crippen LogP contribution in [0.25, 0.3) is 0 Å². The van der Waals surface area contributed by atoms with E-state index in [1.807, 2.05) is 12.2 Å². The third-order valence-electron chi connectivity index (χ3n) is 3.57. The van der Waals surface area contributed by atoms with Gasteiger partial charge in [-0.2, -0.15) is 0 Å². The van der Waals surface area contributed by atoms with Gasteiger partial charge in [-0.1, -0.05) is 63.3 Å². The lowest BCUT2D eigenvalue weighted by Gasteiger charge is -2.09. The molecule has 3 N–H and O–H groups in total. The predicted molar refractivity (Wildman–Crippen MR) is 99.0 cm³/mol. The highest BCUT2D eigenvalue weighted by Gasteiger charge is 2.02. The third-order valence-corrected chi connectivity index (χ3v) is 3.57. The summed E-state index contributed by atoms with van der Waals surface area (Å²) in [6.45, 7) is 2.17. The number of hydrogen-bond donors (Lipinski definition) is 3. The molecule has 0 aromatic carbocycles. The molecule has 0 heterocycles. The van der Waals surface area contributed by atoms with Crippen molar-refractivity contribution >= 4 is 5.97 Å². The van der Waals surface area contributed by atoms with Crippen molar-refractivity contribution in [3.63, 3.8) is 0 Å². The number of carboxylic acid groups (broad SMARTS) is 1. The van der Waals surface area contributed by atoms with Crippen LogP contribution in [0.3, 0.4) is 0 Å². The first kappa shape index (κ1) is 22.2. The number of aliphatic carboxylic acids is 1. The topological polar surface area (TPSA) is 77.8 Å². The molecule has 0 aromatic rings. The highest BCUT2D eigenvalue weighted by atomic mass is 16.4. The minimum atomic E-state index is -1.04. The van der Waals surface area contributed by atoms with Crippen molar-refractivity contribution in [1.29, 1.82) is 0 Å². The van der Waals surface area contributed by atoms with Gasteiger partial charge in [-0.05, 0) is 37.8 Å². The van der Waals surface area contributed by atoms with Crippen LogP contribution in [-0.2, 0) is 4.79 Å². The molecule has 136 valence electrons. The molecule has 4 nitrogen and oxygen atoms in total. The quantitative estimate of drug-likeness (QED) is 0.179. The van der Waals surface area contributed by atoms with Crippen molar-refractivity contribution in [3.8, 4) is 0 Å². The van der Waals surface area contributed by atoms with Gasteiger partial charge in [0, 0.05) is 6.08 Å². The smallest absolute Gasteiger partial charge is 0.328 e. The molecule has 0 fully saturated rings. The van der Waals surface area contributed by atoms with Crippen molar-refractivity contribution in [3.05, 3.63) is 48.3 Å². The number of carboxylic acids is 1. The van der Waals surface area contributed by atoms with E-state index in [2.05, 4.69) is 6.92 Å². The molecule has 0 bridgehead atoms. The molecule has 0 aliphatic carbocycles. The van der Waals surface area contributed by atoms with Crippen LogP contribution in [0.4, 0.5) is 0 Å². The highest BCUT2D eigenvalue weighted by molar-refractivity contribution is 5.80. The van der Waals surface area contributed by atoms with Gasteiger partial charge in [0.2, 0.25) is 0 Å². The summed E-state index contributed by atoms with van der Waals surface area (Å²) in [6, 6.07) is 0. The maximum absolute atomic E-state index is 10.2. The molecular formula is C20H32O4. The molecule has 24 heavy (non-hydrogen) atoms. The highest BCUT2D eigenvalue weighted by Crippen LogP contribution is 2.11. The summed E-state index contributed by atoms with van der Waals surface area (Å²) in [5.74, 6) is -1.04. The van der Waals surface area contributed by atoms with Crippen LogP contribution in [-0.4, -0.2) is 27.4 Å². The zero-order chi connectivity index (χ0) is 18.0. The number of carbonyl (C=O) groups is 1. The maximum Gasteiger partial charge on any atom is 0.328 e. The number of aliphatic hydroxyl groups is 2. The average Bonchev–Trinajstić information content (AvgIpc) is 2.53. The molecule has 1 atom stereocenters. The normalized spacial score (nSPS) is 14.2. The summed E-state index contributed by atoms with van der Waals surface area (Å²) in [7, 11) is 0. The van der Waals surface area contributed by atoms with E-state index in [1.54, 1.807) is 6.08 Å². The van der Waals surface area contributed by atoms with Crippen LogP contribution in [0.1, 0.15) is 64.7 Å². The summed E-state index contributed by atoms with van der Waals surface area (Å²) in [6.07, 6.45) is 20.2. The summed E-state index contributed by atoms with van der Waals surface area (Å²) < 4.78 is 0. The fourth-order valence-corrected chi connectivity index (χ4v) is 2.21. The summed E-state index contributed by atoms with van der Waals surface area (Å²) in [5, 5.41) is 27.6. The van der Waals surface area contributed by atoms with Crippen LogP contribution >= 0.6 is 0 Å². The Morgan fingerprint density at radius 2 is 1.62 bits per heavy atom. The minimum Gasteiger partial charge on any atom is -0.508 e. The van der Waals surface area contributed by atoms with Crippen molar-refractivity contribution in [2.45, 2.75) is 70.8 Å². The largest absolute Gasteiger partial charge is 0.508 e. The van der Waals surface area contributed by atoms with E-state index in [9.17, 15) is 15.0 Å². The molecule has 0 aromatic heterocycles. The molecule has 0 rings (SSSR count). The summed E-state index contributed by atoms with van der Waals surface area (Å²) in [4.78, 5) is 10.2. The Labute approximate surface area is 145 Å². The molecular weight excluding hydrogens is 304 g/mol. The van der Waals surface area contributed by atoms with E-state index < -0.39 is 5.97 Å². The van der Waals surface area contributed by atoms with Crippen LogP contribution in [0, 0.1) is 0 Å². The van der Waals surface area contributed by atoms with Crippen molar-refractivity contribution < 1.29 is 20.1 Å². The Morgan fingerprint density at radius 1 is 0.917 bits per heavy atom.